The summed E-state index contributed by atoms with van der Waals surface area (Å²) in [5.74, 6) is 1.47. The van der Waals surface area contributed by atoms with E-state index < -0.39 is 0 Å². The van der Waals surface area contributed by atoms with Gasteiger partial charge in [0.15, 0.2) is 0 Å². The van der Waals surface area contributed by atoms with E-state index in [9.17, 15) is 0 Å². The maximum atomic E-state index is 7.50. The molecule has 93 valence electrons. The van der Waals surface area contributed by atoms with Crippen LogP contribution in [0.4, 0.5) is 0 Å². The van der Waals surface area contributed by atoms with Crippen molar-refractivity contribution in [2.24, 2.45) is 0 Å². The third-order valence-corrected chi connectivity index (χ3v) is 2.81. The average Bonchev–Trinajstić information content (AvgIpc) is 2.55. The van der Waals surface area contributed by atoms with Crippen LogP contribution < -0.4 is 0 Å². The van der Waals surface area contributed by atoms with Crippen LogP contribution in [0.1, 0.15) is 34.6 Å². The topological polar surface area (TPSA) is 39.8 Å². The Hall–Kier alpha value is -0.961. The van der Waals surface area contributed by atoms with Gasteiger partial charge in [0.05, 0.1) is 0 Å². The number of hydrogen-bond acceptors (Lipinski definition) is 0. The van der Waals surface area contributed by atoms with Crippen molar-refractivity contribution in [2.75, 3.05) is 0 Å². The van der Waals surface area contributed by atoms with Crippen molar-refractivity contribution in [2.45, 2.75) is 34.6 Å². The summed E-state index contributed by atoms with van der Waals surface area (Å²) in [5.41, 5.74) is 5.87. The molecule has 0 N–H and O–H groups in total. The van der Waals surface area contributed by atoms with E-state index in [0.29, 0.717) is 0 Å². The first kappa shape index (κ1) is 25.0. The Labute approximate surface area is 115 Å². The minimum absolute atomic E-state index is 0. The van der Waals surface area contributed by atoms with Gasteiger partial charge in [-0.15, -0.1) is 0 Å². The van der Waals surface area contributed by atoms with Crippen LogP contribution in [-0.4, -0.2) is 0 Å². The van der Waals surface area contributed by atoms with Gasteiger partial charge in [-0.05, 0) is 38.8 Å². The van der Waals surface area contributed by atoms with Gasteiger partial charge in [0.1, 0.15) is 0 Å². The van der Waals surface area contributed by atoms with E-state index in [2.05, 4.69) is 54.3 Å². The number of rotatable bonds is 0. The molecule has 0 fully saturated rings. The maximum absolute atomic E-state index is 7.50. The first-order valence-corrected chi connectivity index (χ1v) is 4.45. The van der Waals surface area contributed by atoms with E-state index in [0.717, 1.165) is 0 Å². The molecule has 1 rings (SSSR count). The summed E-state index contributed by atoms with van der Waals surface area (Å²) < 4.78 is 15.0. The molecule has 0 atom stereocenters. The second-order valence-corrected chi connectivity index (χ2v) is 3.12. The normalized spacial score (nSPS) is 12.9. The largest absolute Gasteiger partial charge is 0 e. The molecule has 0 aliphatic heterocycles. The van der Waals surface area contributed by atoms with E-state index in [1.807, 2.05) is 0 Å². The van der Waals surface area contributed by atoms with Gasteiger partial charge in [-0.25, -0.2) is 0 Å². The van der Waals surface area contributed by atoms with E-state index in [4.69, 9.17) is 15.7 Å². The monoisotopic (exact) mass is 272 g/mol. The standard InChI is InChI=1S/C10H15.C2H.2CO.Fe/c1-6-7(2)9(4)10(5)8(6)3;3*1-2;/h1-5H3;1H;;;/q;-1;;;. The zero-order valence-corrected chi connectivity index (χ0v) is 11.9. The Balaban J connectivity index is -0.000000106. The SMILES string of the molecule is C[C]1C(C)=C(C)C(C)=C1C.[C-]#C.[C-]#[O+].[C-]#[O+].[Fe]. The predicted octanol–water partition coefficient (Wildman–Crippen LogP) is 3.40. The van der Waals surface area contributed by atoms with Crippen molar-refractivity contribution in [1.82, 2.24) is 0 Å². The molecule has 0 heterocycles. The molecular weight excluding hydrogens is 256 g/mol. The van der Waals surface area contributed by atoms with Gasteiger partial charge >= 0.3 is 22.6 Å². The summed E-state index contributed by atoms with van der Waals surface area (Å²) in [4.78, 5) is 0. The molecule has 0 saturated carbocycles. The summed E-state index contributed by atoms with van der Waals surface area (Å²) in [7, 11) is 0. The Morgan fingerprint density at radius 1 is 0.647 bits per heavy atom. The quantitative estimate of drug-likeness (QED) is 0.281. The van der Waals surface area contributed by atoms with Crippen LogP contribution in [0.15, 0.2) is 22.3 Å². The Bertz CT molecular complexity index is 292. The summed E-state index contributed by atoms with van der Waals surface area (Å²) in [6.07, 6.45) is 9.00. The molecule has 0 unspecified atom stereocenters. The van der Waals surface area contributed by atoms with E-state index in [-0.39, 0.29) is 17.1 Å². The molecule has 0 saturated heterocycles. The van der Waals surface area contributed by atoms with Crippen LogP contribution in [-0.2, 0) is 26.4 Å². The molecule has 1 radical (unpaired) electrons. The Morgan fingerprint density at radius 2 is 0.824 bits per heavy atom. The van der Waals surface area contributed by atoms with Crippen LogP contribution in [0, 0.1) is 32.1 Å². The molecule has 1 aliphatic rings. The van der Waals surface area contributed by atoms with Crippen molar-refractivity contribution >= 4 is 0 Å². The molecule has 0 aromatic rings. The number of allylic oxidation sites excluding steroid dienone is 4. The number of hydrogen-bond donors (Lipinski definition) is 0. The summed E-state index contributed by atoms with van der Waals surface area (Å²) in [5, 5.41) is 0. The van der Waals surface area contributed by atoms with E-state index in [1.54, 1.807) is 0 Å². The molecule has 0 spiro atoms. The molecule has 2 nitrogen and oxygen atoms in total. The van der Waals surface area contributed by atoms with Gasteiger partial charge in [-0.1, -0.05) is 18.1 Å². The third-order valence-electron chi connectivity index (χ3n) is 2.81. The number of terminal acetylenes is 1. The fraction of sp³-hybridized carbons (Fsp3) is 0.357. The Morgan fingerprint density at radius 3 is 0.882 bits per heavy atom. The van der Waals surface area contributed by atoms with Gasteiger partial charge in [-0.2, -0.15) is 0 Å². The van der Waals surface area contributed by atoms with Crippen molar-refractivity contribution in [1.29, 1.82) is 0 Å². The molecule has 17 heavy (non-hydrogen) atoms. The first-order valence-electron chi connectivity index (χ1n) is 4.45. The molecule has 0 aromatic carbocycles. The van der Waals surface area contributed by atoms with Crippen LogP contribution in [0.25, 0.3) is 0 Å². The van der Waals surface area contributed by atoms with Crippen LogP contribution in [0.5, 0.6) is 0 Å². The summed E-state index contributed by atoms with van der Waals surface area (Å²) in [6, 6.07) is 0. The first-order chi connectivity index (χ1) is 7.55. The fourth-order valence-corrected chi connectivity index (χ4v) is 1.41. The van der Waals surface area contributed by atoms with Gasteiger partial charge in [-0.3, -0.25) is 0 Å². The molecule has 0 amide bonds. The van der Waals surface area contributed by atoms with E-state index in [1.165, 1.54) is 28.2 Å². The summed E-state index contributed by atoms with van der Waals surface area (Å²) in [6.45, 7) is 20.0. The Kier molecular flexibility index (Phi) is 22.1. The van der Waals surface area contributed by atoms with Gasteiger partial charge in [0.2, 0.25) is 0 Å². The zero-order valence-electron chi connectivity index (χ0n) is 10.7. The molecule has 1 aliphatic carbocycles. The van der Waals surface area contributed by atoms with Gasteiger partial charge < -0.3 is 12.8 Å². The summed E-state index contributed by atoms with van der Waals surface area (Å²) >= 11 is 0. The van der Waals surface area contributed by atoms with Crippen molar-refractivity contribution in [3.63, 3.8) is 0 Å². The minimum Gasteiger partial charge on any atom is 0 e. The molecule has 0 bridgehead atoms. The molecule has 3 heteroatoms. The average molecular weight is 272 g/mol. The fourth-order valence-electron chi connectivity index (χ4n) is 1.41. The van der Waals surface area contributed by atoms with Gasteiger partial charge in [0.25, 0.3) is 0 Å². The second-order valence-electron chi connectivity index (χ2n) is 3.12. The van der Waals surface area contributed by atoms with E-state index >= 15 is 0 Å². The van der Waals surface area contributed by atoms with Crippen molar-refractivity contribution in [3.05, 3.63) is 47.9 Å². The van der Waals surface area contributed by atoms with Gasteiger partial charge in [0, 0.05) is 23.0 Å². The third kappa shape index (κ3) is 7.05. The smallest absolute Gasteiger partial charge is 0 e. The second kappa shape index (κ2) is 15.0. The van der Waals surface area contributed by atoms with Crippen LogP contribution in [0.3, 0.4) is 0 Å². The zero-order chi connectivity index (χ0) is 13.9. The molecular formula is C14H16FeO2-. The van der Waals surface area contributed by atoms with Crippen molar-refractivity contribution < 1.29 is 26.4 Å². The molecule has 0 aromatic heterocycles. The van der Waals surface area contributed by atoms with Crippen molar-refractivity contribution in [3.8, 4) is 6.42 Å². The predicted molar refractivity (Wildman–Crippen MR) is 61.7 cm³/mol. The van der Waals surface area contributed by atoms with Crippen LogP contribution >= 0.6 is 0 Å². The minimum atomic E-state index is 0. The maximum Gasteiger partial charge on any atom is 0 e. The van der Waals surface area contributed by atoms with Crippen LogP contribution in [0.2, 0.25) is 0 Å².